The molecule has 0 spiro atoms. The zero-order valence-electron chi connectivity index (χ0n) is 14.4. The molecular formula is C18H21FN4O3. The number of benzene rings is 1. The van der Waals surface area contributed by atoms with Gasteiger partial charge >= 0.3 is 5.97 Å². The molecule has 2 heterocycles. The summed E-state index contributed by atoms with van der Waals surface area (Å²) in [4.78, 5) is 21.9. The van der Waals surface area contributed by atoms with Gasteiger partial charge in [0.15, 0.2) is 11.6 Å². The second kappa shape index (κ2) is 7.25. The monoisotopic (exact) mass is 360 g/mol. The lowest BCUT2D eigenvalue weighted by Gasteiger charge is -2.43. The average Bonchev–Trinajstić information content (AvgIpc) is 2.64. The molecule has 0 bridgehead atoms. The number of rotatable bonds is 5. The van der Waals surface area contributed by atoms with Crippen LogP contribution < -0.4 is 10.2 Å². The van der Waals surface area contributed by atoms with Crippen LogP contribution in [0.2, 0.25) is 0 Å². The van der Waals surface area contributed by atoms with Gasteiger partial charge in [-0.3, -0.25) is 4.79 Å². The van der Waals surface area contributed by atoms with Gasteiger partial charge in [-0.1, -0.05) is 30.3 Å². The van der Waals surface area contributed by atoms with E-state index in [9.17, 15) is 19.4 Å². The van der Waals surface area contributed by atoms with Crippen LogP contribution in [0.5, 0.6) is 0 Å². The van der Waals surface area contributed by atoms with Crippen molar-refractivity contribution in [2.45, 2.75) is 18.9 Å². The number of aliphatic carboxylic acids is 1. The summed E-state index contributed by atoms with van der Waals surface area (Å²) >= 11 is 0. The summed E-state index contributed by atoms with van der Waals surface area (Å²) in [7, 11) is 1.55. The van der Waals surface area contributed by atoms with E-state index in [2.05, 4.69) is 15.3 Å². The Morgan fingerprint density at radius 2 is 2.15 bits per heavy atom. The van der Waals surface area contributed by atoms with Crippen molar-refractivity contribution < 1.29 is 19.4 Å². The highest BCUT2D eigenvalue weighted by molar-refractivity contribution is 5.77. The molecule has 0 amide bonds. The van der Waals surface area contributed by atoms with E-state index in [1.165, 1.54) is 0 Å². The molecule has 1 aliphatic rings. The summed E-state index contributed by atoms with van der Waals surface area (Å²) in [6.45, 7) is 0.424. The van der Waals surface area contributed by atoms with Crippen molar-refractivity contribution in [1.82, 2.24) is 9.97 Å². The number of aliphatic hydroxyl groups is 1. The molecule has 1 aromatic heterocycles. The Morgan fingerprint density at radius 1 is 1.42 bits per heavy atom. The number of hydrogen-bond acceptors (Lipinski definition) is 6. The Morgan fingerprint density at radius 3 is 2.81 bits per heavy atom. The molecule has 26 heavy (non-hydrogen) atoms. The number of carboxylic acids is 1. The normalized spacial score (nSPS) is 22.9. The Kier molecular flexibility index (Phi) is 5.03. The topological polar surface area (TPSA) is 98.6 Å². The molecular weight excluding hydrogens is 339 g/mol. The van der Waals surface area contributed by atoms with Gasteiger partial charge in [0.05, 0.1) is 12.3 Å². The summed E-state index contributed by atoms with van der Waals surface area (Å²) in [5.74, 6) is -1.37. The largest absolute Gasteiger partial charge is 0.481 e. The number of piperidine rings is 1. The van der Waals surface area contributed by atoms with Crippen molar-refractivity contribution in [2.75, 3.05) is 30.4 Å². The highest BCUT2D eigenvalue weighted by atomic mass is 19.1. The molecule has 2 aromatic rings. The maximum Gasteiger partial charge on any atom is 0.314 e. The predicted molar refractivity (Wildman–Crippen MR) is 94.6 cm³/mol. The first kappa shape index (κ1) is 18.1. The van der Waals surface area contributed by atoms with Crippen LogP contribution in [0.25, 0.3) is 0 Å². The van der Waals surface area contributed by atoms with Crippen LogP contribution in [0.4, 0.5) is 16.2 Å². The Bertz CT molecular complexity index is 789. The summed E-state index contributed by atoms with van der Waals surface area (Å²) in [6, 6.07) is 9.19. The van der Waals surface area contributed by atoms with Gasteiger partial charge in [0.1, 0.15) is 5.41 Å². The molecule has 3 rings (SSSR count). The zero-order chi connectivity index (χ0) is 18.7. The van der Waals surface area contributed by atoms with Gasteiger partial charge in [-0.05, 0) is 18.4 Å². The number of carbonyl (C=O) groups is 1. The standard InChI is InChI=1S/C18H21FN4O3/c1-20-15-13(19)10-21-17(22-15)23-8-7-14(24)18(11-23,16(25)26)9-12-5-3-2-4-6-12/h2-6,10,14,24H,7-9,11H2,1H3,(H,25,26)(H,20,21,22)/t14-,18+/m0/s1. The van der Waals surface area contributed by atoms with Gasteiger partial charge in [0.25, 0.3) is 0 Å². The van der Waals surface area contributed by atoms with Crippen molar-refractivity contribution in [3.63, 3.8) is 0 Å². The Labute approximate surface area is 150 Å². The lowest BCUT2D eigenvalue weighted by molar-refractivity contribution is -0.157. The van der Waals surface area contributed by atoms with Gasteiger partial charge in [0, 0.05) is 20.1 Å². The molecule has 0 unspecified atom stereocenters. The SMILES string of the molecule is CNc1nc(N2CC[C@H](O)[C@](Cc3ccccc3)(C(=O)O)C2)ncc1F. The maximum absolute atomic E-state index is 13.6. The maximum atomic E-state index is 13.6. The lowest BCUT2D eigenvalue weighted by Crippen LogP contribution is -2.57. The summed E-state index contributed by atoms with van der Waals surface area (Å²) < 4.78 is 13.6. The first-order valence-corrected chi connectivity index (χ1v) is 8.37. The highest BCUT2D eigenvalue weighted by Crippen LogP contribution is 2.36. The number of anilines is 2. The summed E-state index contributed by atoms with van der Waals surface area (Å²) in [5, 5.41) is 23.1. The smallest absolute Gasteiger partial charge is 0.314 e. The zero-order valence-corrected chi connectivity index (χ0v) is 14.4. The van der Waals surface area contributed by atoms with E-state index in [0.717, 1.165) is 11.8 Å². The van der Waals surface area contributed by atoms with E-state index in [-0.39, 0.29) is 31.2 Å². The molecule has 2 atom stereocenters. The molecule has 1 aromatic carbocycles. The van der Waals surface area contributed by atoms with Crippen molar-refractivity contribution in [3.8, 4) is 0 Å². The molecule has 3 N–H and O–H groups in total. The van der Waals surface area contributed by atoms with E-state index >= 15 is 0 Å². The van der Waals surface area contributed by atoms with Crippen molar-refractivity contribution >= 4 is 17.7 Å². The number of carboxylic acid groups (broad SMARTS) is 1. The molecule has 7 nitrogen and oxygen atoms in total. The van der Waals surface area contributed by atoms with Crippen molar-refractivity contribution in [3.05, 3.63) is 47.9 Å². The summed E-state index contributed by atoms with van der Waals surface area (Å²) in [5.41, 5.74) is -0.566. The number of halogens is 1. The van der Waals surface area contributed by atoms with Crippen LogP contribution in [-0.4, -0.2) is 52.4 Å². The number of nitrogens with zero attached hydrogens (tertiary/aromatic N) is 3. The third-order valence-electron chi connectivity index (χ3n) is 4.82. The molecule has 0 radical (unpaired) electrons. The lowest BCUT2D eigenvalue weighted by atomic mass is 9.73. The van der Waals surface area contributed by atoms with Crippen LogP contribution in [-0.2, 0) is 11.2 Å². The van der Waals surface area contributed by atoms with Crippen LogP contribution in [0.15, 0.2) is 36.5 Å². The Hall–Kier alpha value is -2.74. The van der Waals surface area contributed by atoms with Crippen LogP contribution in [0.3, 0.4) is 0 Å². The van der Waals surface area contributed by atoms with Crippen LogP contribution in [0.1, 0.15) is 12.0 Å². The van der Waals surface area contributed by atoms with Gasteiger partial charge in [-0.25, -0.2) is 9.37 Å². The fourth-order valence-corrected chi connectivity index (χ4v) is 3.36. The van der Waals surface area contributed by atoms with Crippen molar-refractivity contribution in [1.29, 1.82) is 0 Å². The molecule has 8 heteroatoms. The minimum Gasteiger partial charge on any atom is -0.481 e. The third kappa shape index (κ3) is 3.32. The minimum atomic E-state index is -1.39. The van der Waals surface area contributed by atoms with Crippen LogP contribution >= 0.6 is 0 Å². The van der Waals surface area contributed by atoms with E-state index in [1.807, 2.05) is 30.3 Å². The fourth-order valence-electron chi connectivity index (χ4n) is 3.36. The van der Waals surface area contributed by atoms with Gasteiger partial charge in [-0.2, -0.15) is 4.98 Å². The number of hydrogen-bond donors (Lipinski definition) is 3. The quantitative estimate of drug-likeness (QED) is 0.744. The first-order chi connectivity index (χ1) is 12.5. The predicted octanol–water partition coefficient (Wildman–Crippen LogP) is 1.54. The molecule has 0 aliphatic carbocycles. The van der Waals surface area contributed by atoms with E-state index in [1.54, 1.807) is 11.9 Å². The molecule has 0 saturated carbocycles. The highest BCUT2D eigenvalue weighted by Gasteiger charge is 2.49. The van der Waals surface area contributed by atoms with E-state index < -0.39 is 23.3 Å². The van der Waals surface area contributed by atoms with Gasteiger partial charge in [-0.15, -0.1) is 0 Å². The van der Waals surface area contributed by atoms with Gasteiger partial charge in [0.2, 0.25) is 5.95 Å². The van der Waals surface area contributed by atoms with E-state index in [0.29, 0.717) is 6.54 Å². The Balaban J connectivity index is 1.93. The van der Waals surface area contributed by atoms with E-state index in [4.69, 9.17) is 0 Å². The minimum absolute atomic E-state index is 0.0349. The number of aromatic nitrogens is 2. The second-order valence-electron chi connectivity index (χ2n) is 6.47. The molecule has 1 fully saturated rings. The number of nitrogens with one attached hydrogen (secondary N) is 1. The summed E-state index contributed by atoms with van der Waals surface area (Å²) in [6.07, 6.45) is 0.495. The molecule has 1 aliphatic heterocycles. The second-order valence-corrected chi connectivity index (χ2v) is 6.47. The van der Waals surface area contributed by atoms with Crippen molar-refractivity contribution in [2.24, 2.45) is 5.41 Å². The van der Waals surface area contributed by atoms with Gasteiger partial charge < -0.3 is 20.4 Å². The molecule has 138 valence electrons. The third-order valence-corrected chi connectivity index (χ3v) is 4.82. The first-order valence-electron chi connectivity index (χ1n) is 8.37. The average molecular weight is 360 g/mol. The number of aliphatic hydroxyl groups excluding tert-OH is 1. The molecule has 1 saturated heterocycles. The van der Waals surface area contributed by atoms with Crippen LogP contribution in [0, 0.1) is 11.2 Å². The fraction of sp³-hybridized carbons (Fsp3) is 0.389.